The zero-order valence-corrected chi connectivity index (χ0v) is 14.5. The van der Waals surface area contributed by atoms with Crippen LogP contribution in [0.3, 0.4) is 0 Å². The summed E-state index contributed by atoms with van der Waals surface area (Å²) in [4.78, 5) is 14.8. The van der Waals surface area contributed by atoms with Gasteiger partial charge in [0.1, 0.15) is 5.75 Å². The molecular formula is C17H25ClN2O2. The third kappa shape index (κ3) is 3.93. The zero-order chi connectivity index (χ0) is 16.3. The highest BCUT2D eigenvalue weighted by atomic mass is 35.5. The van der Waals surface area contributed by atoms with Crippen molar-refractivity contribution in [3.63, 3.8) is 0 Å². The van der Waals surface area contributed by atoms with Crippen LogP contribution in [0.4, 0.5) is 5.69 Å². The molecule has 0 bridgehead atoms. The predicted molar refractivity (Wildman–Crippen MR) is 90.8 cm³/mol. The number of likely N-dealkylation sites (tertiary alicyclic amines) is 1. The molecule has 0 aliphatic carbocycles. The van der Waals surface area contributed by atoms with Crippen LogP contribution in [0.25, 0.3) is 0 Å². The molecule has 2 rings (SSSR count). The van der Waals surface area contributed by atoms with Gasteiger partial charge in [-0.05, 0) is 50.8 Å². The van der Waals surface area contributed by atoms with Crippen LogP contribution in [-0.4, -0.2) is 37.0 Å². The fraction of sp³-hybridized carbons (Fsp3) is 0.588. The van der Waals surface area contributed by atoms with Crippen molar-refractivity contribution in [3.05, 3.63) is 22.7 Å². The molecule has 2 atom stereocenters. The lowest BCUT2D eigenvalue weighted by Crippen LogP contribution is -2.46. The number of benzene rings is 1. The van der Waals surface area contributed by atoms with Crippen LogP contribution in [0.2, 0.25) is 5.02 Å². The Morgan fingerprint density at radius 2 is 2.23 bits per heavy atom. The summed E-state index contributed by atoms with van der Waals surface area (Å²) in [6.45, 7) is 8.07. The molecule has 1 amide bonds. The first-order valence-electron chi connectivity index (χ1n) is 7.81. The third-order valence-corrected chi connectivity index (χ3v) is 4.76. The molecule has 1 heterocycles. The first kappa shape index (κ1) is 17.1. The van der Waals surface area contributed by atoms with Crippen molar-refractivity contribution in [1.29, 1.82) is 0 Å². The molecule has 1 N–H and O–H groups in total. The third-order valence-electron chi connectivity index (χ3n) is 4.35. The monoisotopic (exact) mass is 324 g/mol. The number of carbonyl (C=O) groups is 1. The highest BCUT2D eigenvalue weighted by Gasteiger charge is 2.26. The molecule has 1 saturated heterocycles. The predicted octanol–water partition coefficient (Wildman–Crippen LogP) is 3.72. The topological polar surface area (TPSA) is 41.6 Å². The Labute approximate surface area is 137 Å². The molecule has 1 aromatic carbocycles. The van der Waals surface area contributed by atoms with Gasteiger partial charge in [-0.15, -0.1) is 0 Å². The normalized spacial score (nSPS) is 20.5. The maximum atomic E-state index is 12.5. The Kier molecular flexibility index (Phi) is 5.70. The maximum Gasteiger partial charge on any atom is 0.241 e. The highest BCUT2D eigenvalue weighted by molar-refractivity contribution is 6.31. The van der Waals surface area contributed by atoms with E-state index in [9.17, 15) is 4.79 Å². The number of hydrogen-bond donors (Lipinski definition) is 1. The van der Waals surface area contributed by atoms with E-state index >= 15 is 0 Å². The van der Waals surface area contributed by atoms with Gasteiger partial charge in [0, 0.05) is 17.6 Å². The van der Waals surface area contributed by atoms with Crippen molar-refractivity contribution in [2.75, 3.05) is 25.5 Å². The molecule has 1 aromatic rings. The van der Waals surface area contributed by atoms with Crippen LogP contribution in [0, 0.1) is 12.8 Å². The van der Waals surface area contributed by atoms with Crippen LogP contribution in [0.5, 0.6) is 5.75 Å². The van der Waals surface area contributed by atoms with Crippen molar-refractivity contribution in [1.82, 2.24) is 4.90 Å². The van der Waals surface area contributed by atoms with Gasteiger partial charge in [0.05, 0.1) is 18.8 Å². The summed E-state index contributed by atoms with van der Waals surface area (Å²) in [5.41, 5.74) is 1.59. The van der Waals surface area contributed by atoms with Crippen molar-refractivity contribution in [3.8, 4) is 5.75 Å². The minimum absolute atomic E-state index is 0.00544. The zero-order valence-electron chi connectivity index (χ0n) is 13.8. The number of aryl methyl sites for hydroxylation is 1. The first-order valence-corrected chi connectivity index (χ1v) is 8.19. The van der Waals surface area contributed by atoms with Crippen LogP contribution in [0.1, 0.15) is 32.3 Å². The fourth-order valence-corrected chi connectivity index (χ4v) is 3.06. The summed E-state index contributed by atoms with van der Waals surface area (Å²) >= 11 is 6.10. The van der Waals surface area contributed by atoms with E-state index in [-0.39, 0.29) is 11.9 Å². The van der Waals surface area contributed by atoms with Gasteiger partial charge in [0.25, 0.3) is 0 Å². The van der Waals surface area contributed by atoms with E-state index in [2.05, 4.69) is 17.1 Å². The van der Waals surface area contributed by atoms with E-state index in [1.807, 2.05) is 19.9 Å². The lowest BCUT2D eigenvalue weighted by molar-refractivity contribution is -0.121. The summed E-state index contributed by atoms with van der Waals surface area (Å²) in [7, 11) is 1.58. The van der Waals surface area contributed by atoms with Crippen molar-refractivity contribution in [2.45, 2.75) is 39.7 Å². The van der Waals surface area contributed by atoms with E-state index in [0.717, 1.165) is 25.1 Å². The fourth-order valence-electron chi connectivity index (χ4n) is 2.91. The van der Waals surface area contributed by atoms with Crippen LogP contribution < -0.4 is 10.1 Å². The number of hydrogen-bond acceptors (Lipinski definition) is 3. The molecule has 0 unspecified atom stereocenters. The smallest absolute Gasteiger partial charge is 0.241 e. The molecule has 5 heteroatoms. The first-order chi connectivity index (χ1) is 10.4. The number of piperidine rings is 1. The van der Waals surface area contributed by atoms with Gasteiger partial charge in [-0.2, -0.15) is 0 Å². The van der Waals surface area contributed by atoms with Gasteiger partial charge in [0.15, 0.2) is 0 Å². The minimum atomic E-state index is -0.150. The maximum absolute atomic E-state index is 12.5. The second kappa shape index (κ2) is 7.34. The largest absolute Gasteiger partial charge is 0.495 e. The molecule has 0 saturated carbocycles. The van der Waals surface area contributed by atoms with E-state index in [4.69, 9.17) is 16.3 Å². The molecule has 0 spiro atoms. The van der Waals surface area contributed by atoms with Gasteiger partial charge in [0.2, 0.25) is 5.91 Å². The van der Waals surface area contributed by atoms with Gasteiger partial charge >= 0.3 is 0 Å². The number of halogens is 1. The van der Waals surface area contributed by atoms with E-state index < -0.39 is 0 Å². The Hall–Kier alpha value is -1.26. The minimum Gasteiger partial charge on any atom is -0.495 e. The second-order valence-corrected chi connectivity index (χ2v) is 6.62. The standard InChI is InChI=1S/C17H25ClN2O2/c1-11-6-5-7-20(10-11)13(3)17(21)19-15-8-12(2)14(18)9-16(15)22-4/h8-9,11,13H,5-7,10H2,1-4H3,(H,19,21)/t11-,13+/m0/s1. The number of ether oxygens (including phenoxy) is 1. The number of nitrogens with zero attached hydrogens (tertiary/aromatic N) is 1. The number of anilines is 1. The Bertz CT molecular complexity index is 548. The number of rotatable bonds is 4. The Morgan fingerprint density at radius 1 is 1.50 bits per heavy atom. The van der Waals surface area contributed by atoms with E-state index in [1.165, 1.54) is 6.42 Å². The van der Waals surface area contributed by atoms with E-state index in [1.54, 1.807) is 13.2 Å². The number of carbonyl (C=O) groups excluding carboxylic acids is 1. The average Bonchev–Trinajstić information content (AvgIpc) is 2.49. The Balaban J connectivity index is 2.09. The molecule has 122 valence electrons. The molecule has 1 aliphatic heterocycles. The van der Waals surface area contributed by atoms with Crippen LogP contribution in [-0.2, 0) is 4.79 Å². The molecule has 22 heavy (non-hydrogen) atoms. The SMILES string of the molecule is COc1cc(Cl)c(C)cc1NC(=O)[C@@H](C)N1CCC[C@H](C)C1. The van der Waals surface area contributed by atoms with Gasteiger partial charge in [-0.25, -0.2) is 0 Å². The summed E-state index contributed by atoms with van der Waals surface area (Å²) in [5, 5.41) is 3.61. The van der Waals surface area contributed by atoms with Gasteiger partial charge < -0.3 is 10.1 Å². The lowest BCUT2D eigenvalue weighted by atomic mass is 9.99. The van der Waals surface area contributed by atoms with E-state index in [0.29, 0.717) is 22.4 Å². The van der Waals surface area contributed by atoms with Crippen LogP contribution in [0.15, 0.2) is 12.1 Å². The summed E-state index contributed by atoms with van der Waals surface area (Å²) in [5.74, 6) is 1.23. The molecule has 4 nitrogen and oxygen atoms in total. The number of amides is 1. The molecule has 0 radical (unpaired) electrons. The quantitative estimate of drug-likeness (QED) is 0.917. The molecular weight excluding hydrogens is 300 g/mol. The van der Waals surface area contributed by atoms with Crippen molar-refractivity contribution in [2.24, 2.45) is 5.92 Å². The van der Waals surface area contributed by atoms with Gasteiger partial charge in [-0.3, -0.25) is 9.69 Å². The average molecular weight is 325 g/mol. The summed E-state index contributed by atoms with van der Waals surface area (Å²) in [6.07, 6.45) is 2.40. The second-order valence-electron chi connectivity index (χ2n) is 6.21. The van der Waals surface area contributed by atoms with Crippen LogP contribution >= 0.6 is 11.6 Å². The summed E-state index contributed by atoms with van der Waals surface area (Å²) in [6, 6.07) is 3.44. The van der Waals surface area contributed by atoms with Crippen molar-refractivity contribution < 1.29 is 9.53 Å². The number of methoxy groups -OCH3 is 1. The molecule has 1 fully saturated rings. The summed E-state index contributed by atoms with van der Waals surface area (Å²) < 4.78 is 5.31. The highest BCUT2D eigenvalue weighted by Crippen LogP contribution is 2.31. The van der Waals surface area contributed by atoms with Crippen molar-refractivity contribution >= 4 is 23.2 Å². The molecule has 0 aromatic heterocycles. The van der Waals surface area contributed by atoms with Gasteiger partial charge in [-0.1, -0.05) is 18.5 Å². The number of nitrogens with one attached hydrogen (secondary N) is 1. The Morgan fingerprint density at radius 3 is 2.86 bits per heavy atom. The lowest BCUT2D eigenvalue weighted by Gasteiger charge is -2.34. The molecule has 1 aliphatic rings.